The Hall–Kier alpha value is -0.860. The average Bonchev–Trinajstić information content (AvgIpc) is 2.80. The first-order valence-corrected chi connectivity index (χ1v) is 7.80. The predicted octanol–water partition coefficient (Wildman–Crippen LogP) is 4.74. The summed E-state index contributed by atoms with van der Waals surface area (Å²) in [6, 6.07) is 8.64. The molecule has 0 saturated heterocycles. The molecule has 0 aliphatic carbocycles. The normalized spacial score (nSPS) is 14.8. The Bertz CT molecular complexity index is 503. The van der Waals surface area contributed by atoms with Crippen molar-refractivity contribution in [2.45, 2.75) is 51.5 Å². The molecule has 2 aromatic rings. The van der Waals surface area contributed by atoms with E-state index in [0.29, 0.717) is 0 Å². The van der Waals surface area contributed by atoms with Crippen LogP contribution in [0, 0.1) is 0 Å². The highest BCUT2D eigenvalue weighted by Gasteiger charge is 2.23. The van der Waals surface area contributed by atoms with Crippen molar-refractivity contribution in [3.63, 3.8) is 0 Å². The molecule has 18 heavy (non-hydrogen) atoms. The van der Waals surface area contributed by atoms with Gasteiger partial charge in [-0.1, -0.05) is 44.9 Å². The molecule has 0 aliphatic rings. The van der Waals surface area contributed by atoms with Crippen molar-refractivity contribution in [2.24, 2.45) is 5.73 Å². The van der Waals surface area contributed by atoms with Crippen LogP contribution in [0.25, 0.3) is 10.1 Å². The van der Waals surface area contributed by atoms with Crippen molar-refractivity contribution in [3.8, 4) is 0 Å². The van der Waals surface area contributed by atoms with Gasteiger partial charge in [-0.2, -0.15) is 0 Å². The molecule has 0 saturated carbocycles. The number of nitrogens with two attached hydrogens (primary N) is 1. The lowest BCUT2D eigenvalue weighted by molar-refractivity contribution is 0.366. The highest BCUT2D eigenvalue weighted by molar-refractivity contribution is 7.17. The fraction of sp³-hybridized carbons (Fsp3) is 0.500. The third-order valence-corrected chi connectivity index (χ3v) is 4.85. The van der Waals surface area contributed by atoms with Crippen LogP contribution < -0.4 is 5.73 Å². The van der Waals surface area contributed by atoms with E-state index in [-0.39, 0.29) is 5.54 Å². The molecule has 2 rings (SSSR count). The summed E-state index contributed by atoms with van der Waals surface area (Å²) in [4.78, 5) is 0. The van der Waals surface area contributed by atoms with Gasteiger partial charge in [0, 0.05) is 10.2 Å². The fourth-order valence-corrected chi connectivity index (χ4v) is 3.43. The zero-order chi connectivity index (χ0) is 13.0. The van der Waals surface area contributed by atoms with Crippen LogP contribution in [-0.4, -0.2) is 5.54 Å². The maximum Gasteiger partial charge on any atom is 0.0345 e. The lowest BCUT2D eigenvalue weighted by Gasteiger charge is -2.28. The van der Waals surface area contributed by atoms with E-state index in [9.17, 15) is 0 Å². The van der Waals surface area contributed by atoms with Gasteiger partial charge in [-0.25, -0.2) is 0 Å². The van der Waals surface area contributed by atoms with E-state index in [1.165, 1.54) is 28.5 Å². The zero-order valence-corrected chi connectivity index (χ0v) is 12.2. The van der Waals surface area contributed by atoms with Gasteiger partial charge in [-0.15, -0.1) is 11.3 Å². The summed E-state index contributed by atoms with van der Waals surface area (Å²) in [7, 11) is 0. The molecule has 0 bridgehead atoms. The van der Waals surface area contributed by atoms with Gasteiger partial charge in [-0.3, -0.25) is 0 Å². The SMILES string of the molecule is CCCCC(N)(CC)Cc1csc2ccccc12. The third kappa shape index (κ3) is 2.93. The van der Waals surface area contributed by atoms with E-state index >= 15 is 0 Å². The quantitative estimate of drug-likeness (QED) is 0.798. The summed E-state index contributed by atoms with van der Waals surface area (Å²) in [6.45, 7) is 4.44. The first kappa shape index (κ1) is 13.6. The van der Waals surface area contributed by atoms with Crippen LogP contribution in [0.4, 0.5) is 0 Å². The molecule has 1 nitrogen and oxygen atoms in total. The molecule has 1 atom stereocenters. The van der Waals surface area contributed by atoms with E-state index in [1.807, 2.05) is 11.3 Å². The number of rotatable bonds is 6. The molecule has 0 aliphatic heterocycles. The van der Waals surface area contributed by atoms with Gasteiger partial charge in [0.1, 0.15) is 0 Å². The average molecular weight is 261 g/mol. The molecule has 98 valence electrons. The van der Waals surface area contributed by atoms with Gasteiger partial charge in [0.15, 0.2) is 0 Å². The van der Waals surface area contributed by atoms with Crippen molar-refractivity contribution < 1.29 is 0 Å². The molecule has 0 amide bonds. The van der Waals surface area contributed by atoms with Crippen molar-refractivity contribution in [1.29, 1.82) is 0 Å². The maximum atomic E-state index is 6.57. The van der Waals surface area contributed by atoms with Crippen molar-refractivity contribution >= 4 is 21.4 Å². The first-order chi connectivity index (χ1) is 8.68. The minimum Gasteiger partial charge on any atom is -0.325 e. The van der Waals surface area contributed by atoms with E-state index in [0.717, 1.165) is 19.3 Å². The van der Waals surface area contributed by atoms with Crippen LogP contribution >= 0.6 is 11.3 Å². The summed E-state index contributed by atoms with van der Waals surface area (Å²) in [5.41, 5.74) is 7.97. The van der Waals surface area contributed by atoms with Gasteiger partial charge < -0.3 is 5.73 Å². The molecule has 1 unspecified atom stereocenters. The van der Waals surface area contributed by atoms with Gasteiger partial charge in [-0.05, 0) is 41.7 Å². The molecular weight excluding hydrogens is 238 g/mol. The lowest BCUT2D eigenvalue weighted by atomic mass is 9.84. The monoisotopic (exact) mass is 261 g/mol. The smallest absolute Gasteiger partial charge is 0.0345 e. The Labute approximate surface area is 114 Å². The molecule has 1 aromatic heterocycles. The Morgan fingerprint density at radius 1 is 1.22 bits per heavy atom. The summed E-state index contributed by atoms with van der Waals surface area (Å²) >= 11 is 1.83. The van der Waals surface area contributed by atoms with Crippen LogP contribution in [0.2, 0.25) is 0 Å². The standard InChI is InChI=1S/C16H23NS/c1-3-5-10-16(17,4-2)11-13-12-18-15-9-7-6-8-14(13)15/h6-9,12H,3-5,10-11,17H2,1-2H3. The van der Waals surface area contributed by atoms with Gasteiger partial charge >= 0.3 is 0 Å². The minimum atomic E-state index is -0.0279. The Morgan fingerprint density at radius 2 is 2.00 bits per heavy atom. The Balaban J connectivity index is 2.21. The second-order valence-electron chi connectivity index (χ2n) is 5.25. The summed E-state index contributed by atoms with van der Waals surface area (Å²) in [5.74, 6) is 0. The molecule has 2 heteroatoms. The van der Waals surface area contributed by atoms with Gasteiger partial charge in [0.05, 0.1) is 0 Å². The fourth-order valence-electron chi connectivity index (χ4n) is 2.47. The predicted molar refractivity (Wildman–Crippen MR) is 82.3 cm³/mol. The topological polar surface area (TPSA) is 26.0 Å². The number of unbranched alkanes of at least 4 members (excludes halogenated alkanes) is 1. The molecule has 0 radical (unpaired) electrons. The Kier molecular flexibility index (Phi) is 4.41. The second kappa shape index (κ2) is 5.85. The van der Waals surface area contributed by atoms with E-state index in [2.05, 4.69) is 43.5 Å². The first-order valence-electron chi connectivity index (χ1n) is 6.92. The van der Waals surface area contributed by atoms with E-state index < -0.39 is 0 Å². The van der Waals surface area contributed by atoms with Crippen LogP contribution in [0.5, 0.6) is 0 Å². The van der Waals surface area contributed by atoms with E-state index in [1.54, 1.807) is 0 Å². The molecule has 1 heterocycles. The van der Waals surface area contributed by atoms with E-state index in [4.69, 9.17) is 5.73 Å². The molecule has 1 aromatic carbocycles. The molecule has 0 spiro atoms. The number of hydrogen-bond acceptors (Lipinski definition) is 2. The number of thiophene rings is 1. The second-order valence-corrected chi connectivity index (χ2v) is 6.16. The van der Waals surface area contributed by atoms with Crippen molar-refractivity contribution in [1.82, 2.24) is 0 Å². The molecule has 2 N–H and O–H groups in total. The highest BCUT2D eigenvalue weighted by atomic mass is 32.1. The molecule has 0 fully saturated rings. The zero-order valence-electron chi connectivity index (χ0n) is 11.4. The summed E-state index contributed by atoms with van der Waals surface area (Å²) in [5, 5.41) is 3.68. The minimum absolute atomic E-state index is 0.0279. The van der Waals surface area contributed by atoms with Crippen LogP contribution in [-0.2, 0) is 6.42 Å². The van der Waals surface area contributed by atoms with Crippen LogP contribution in [0.1, 0.15) is 45.1 Å². The van der Waals surface area contributed by atoms with Crippen molar-refractivity contribution in [2.75, 3.05) is 0 Å². The van der Waals surface area contributed by atoms with Gasteiger partial charge in [0.2, 0.25) is 0 Å². The highest BCUT2D eigenvalue weighted by Crippen LogP contribution is 2.30. The molecular formula is C16H23NS. The van der Waals surface area contributed by atoms with Crippen molar-refractivity contribution in [3.05, 3.63) is 35.2 Å². The van der Waals surface area contributed by atoms with Gasteiger partial charge in [0.25, 0.3) is 0 Å². The Morgan fingerprint density at radius 3 is 2.72 bits per heavy atom. The number of fused-ring (bicyclic) bond motifs is 1. The van der Waals surface area contributed by atoms with Crippen LogP contribution in [0.3, 0.4) is 0 Å². The summed E-state index contributed by atoms with van der Waals surface area (Å²) < 4.78 is 1.38. The lowest BCUT2D eigenvalue weighted by Crippen LogP contribution is -2.41. The van der Waals surface area contributed by atoms with Crippen LogP contribution in [0.15, 0.2) is 29.6 Å². The number of hydrogen-bond donors (Lipinski definition) is 1. The third-order valence-electron chi connectivity index (χ3n) is 3.84. The largest absolute Gasteiger partial charge is 0.325 e. The number of benzene rings is 1. The maximum absolute atomic E-state index is 6.57. The summed E-state index contributed by atoms with van der Waals surface area (Å²) in [6.07, 6.45) is 5.64.